The maximum atomic E-state index is 4.64. The summed E-state index contributed by atoms with van der Waals surface area (Å²) in [6.07, 6.45) is 3.70. The van der Waals surface area contributed by atoms with Crippen LogP contribution in [0.4, 0.5) is 0 Å². The van der Waals surface area contributed by atoms with Gasteiger partial charge in [-0.25, -0.2) is 0 Å². The summed E-state index contributed by atoms with van der Waals surface area (Å²) >= 11 is 1.83. The first kappa shape index (κ1) is 26.9. The van der Waals surface area contributed by atoms with Crippen LogP contribution in [0.15, 0.2) is 97.3 Å². The zero-order valence-corrected chi connectivity index (χ0v) is 24.6. The predicted molar refractivity (Wildman–Crippen MR) is 153 cm³/mol. The summed E-state index contributed by atoms with van der Waals surface area (Å²) in [6, 6.07) is 35.4. The molecule has 3 aromatic heterocycles. The molecule has 6 aromatic rings. The zero-order chi connectivity index (χ0) is 25.1. The van der Waals surface area contributed by atoms with Crippen LogP contribution in [0.2, 0.25) is 0 Å². The normalized spacial score (nSPS) is 11.0. The first-order valence-electron chi connectivity index (χ1n) is 12.1. The van der Waals surface area contributed by atoms with Crippen LogP contribution in [0.1, 0.15) is 31.9 Å². The third kappa shape index (κ3) is 6.05. The van der Waals surface area contributed by atoms with Gasteiger partial charge >= 0.3 is 0 Å². The fraction of sp³-hybridized carbons (Fsp3) is 0.152. The monoisotopic (exact) mass is 677 g/mol. The molecule has 0 aliphatic rings. The fourth-order valence-electron chi connectivity index (χ4n) is 4.15. The molecule has 3 heterocycles. The molecular weight excluding hydrogens is 649 g/mol. The first-order valence-corrected chi connectivity index (χ1v) is 12.9. The second-order valence-corrected chi connectivity index (χ2v) is 10.9. The summed E-state index contributed by atoms with van der Waals surface area (Å²) in [6.45, 7) is 8.85. The second kappa shape index (κ2) is 11.5. The number of rotatable bonds is 2. The quantitative estimate of drug-likeness (QED) is 0.171. The number of benzene rings is 3. The number of aryl methyl sites for hydroxylation is 1. The van der Waals surface area contributed by atoms with E-state index in [0.717, 1.165) is 22.5 Å². The van der Waals surface area contributed by atoms with Gasteiger partial charge in [-0.05, 0) is 57.6 Å². The Hall–Kier alpha value is -3.17. The van der Waals surface area contributed by atoms with Crippen LogP contribution in [0.5, 0.6) is 0 Å². The molecule has 6 rings (SSSR count). The Morgan fingerprint density at radius 2 is 1.54 bits per heavy atom. The Morgan fingerprint density at radius 3 is 2.27 bits per heavy atom. The molecule has 0 unspecified atom stereocenters. The van der Waals surface area contributed by atoms with E-state index in [1.165, 1.54) is 31.3 Å². The van der Waals surface area contributed by atoms with Gasteiger partial charge in [-0.2, -0.15) is 11.3 Å². The Labute approximate surface area is 236 Å². The van der Waals surface area contributed by atoms with Gasteiger partial charge in [0.1, 0.15) is 0 Å². The Kier molecular flexibility index (Phi) is 8.34. The van der Waals surface area contributed by atoms with Gasteiger partial charge in [0, 0.05) is 37.2 Å². The molecule has 2 nitrogen and oxygen atoms in total. The van der Waals surface area contributed by atoms with Gasteiger partial charge in [-0.15, -0.1) is 59.7 Å². The van der Waals surface area contributed by atoms with Gasteiger partial charge in [0.15, 0.2) is 0 Å². The van der Waals surface area contributed by atoms with Gasteiger partial charge in [0.25, 0.3) is 0 Å². The maximum absolute atomic E-state index is 4.64. The van der Waals surface area contributed by atoms with Crippen LogP contribution >= 0.6 is 11.3 Å². The summed E-state index contributed by atoms with van der Waals surface area (Å²) in [5.41, 5.74) is 6.84. The summed E-state index contributed by atoms with van der Waals surface area (Å²) in [7, 11) is 0. The molecule has 0 N–H and O–H groups in total. The second-order valence-electron chi connectivity index (χ2n) is 9.87. The Morgan fingerprint density at radius 1 is 0.730 bits per heavy atom. The molecule has 0 atom stereocenters. The van der Waals surface area contributed by atoms with Crippen LogP contribution in [-0.4, -0.2) is 9.97 Å². The van der Waals surface area contributed by atoms with E-state index < -0.39 is 0 Å². The van der Waals surface area contributed by atoms with Gasteiger partial charge in [-0.1, -0.05) is 62.1 Å². The SMILES string of the molecule is Cc1ccc2sc3c(-c4cc(C(C)(C)C)ccn4)[c-]ccc3c2c1.[Ir].[c-]1ccccc1-c1ccccn1. The molecule has 0 spiro atoms. The average molecular weight is 677 g/mol. The van der Waals surface area contributed by atoms with Crippen molar-refractivity contribution in [1.82, 2.24) is 9.97 Å². The molecule has 4 heteroatoms. The van der Waals surface area contributed by atoms with Crippen LogP contribution < -0.4 is 0 Å². The predicted octanol–water partition coefficient (Wildman–Crippen LogP) is 9.07. The molecule has 3 aromatic carbocycles. The summed E-state index contributed by atoms with van der Waals surface area (Å²) < 4.78 is 2.60. The van der Waals surface area contributed by atoms with Gasteiger partial charge in [-0.3, -0.25) is 0 Å². The van der Waals surface area contributed by atoms with E-state index in [1.54, 1.807) is 6.20 Å². The van der Waals surface area contributed by atoms with Gasteiger partial charge < -0.3 is 9.97 Å². The summed E-state index contributed by atoms with van der Waals surface area (Å²) in [4.78, 5) is 8.85. The van der Waals surface area contributed by atoms with Crippen molar-refractivity contribution in [3.8, 4) is 22.5 Å². The Bertz CT molecular complexity index is 1580. The summed E-state index contributed by atoms with van der Waals surface area (Å²) in [5.74, 6) is 0. The molecule has 0 saturated carbocycles. The third-order valence-corrected chi connectivity index (χ3v) is 7.32. The summed E-state index contributed by atoms with van der Waals surface area (Å²) in [5, 5.41) is 2.63. The van der Waals surface area contributed by atoms with Crippen molar-refractivity contribution >= 4 is 31.5 Å². The molecule has 0 aliphatic heterocycles. The Balaban J connectivity index is 0.000000208. The minimum atomic E-state index is 0. The number of fused-ring (bicyclic) bond motifs is 3. The topological polar surface area (TPSA) is 25.8 Å². The van der Waals surface area contributed by atoms with Crippen LogP contribution in [0, 0.1) is 19.1 Å². The van der Waals surface area contributed by atoms with Crippen LogP contribution in [-0.2, 0) is 25.5 Å². The van der Waals surface area contributed by atoms with Crippen LogP contribution in [0.25, 0.3) is 42.7 Å². The van der Waals surface area contributed by atoms with E-state index in [0.29, 0.717) is 0 Å². The molecule has 0 saturated heterocycles. The van der Waals surface area contributed by atoms with Crippen molar-refractivity contribution < 1.29 is 20.1 Å². The van der Waals surface area contributed by atoms with Crippen molar-refractivity contribution in [2.24, 2.45) is 0 Å². The van der Waals surface area contributed by atoms with E-state index in [9.17, 15) is 0 Å². The molecule has 187 valence electrons. The van der Waals surface area contributed by atoms with Gasteiger partial charge in [0.05, 0.1) is 0 Å². The van der Waals surface area contributed by atoms with E-state index in [2.05, 4.69) is 86.2 Å². The average Bonchev–Trinajstić information content (AvgIpc) is 3.28. The van der Waals surface area contributed by atoms with Crippen LogP contribution in [0.3, 0.4) is 0 Å². The molecule has 0 fully saturated rings. The molecule has 37 heavy (non-hydrogen) atoms. The molecule has 1 radical (unpaired) electrons. The number of hydrogen-bond acceptors (Lipinski definition) is 3. The molecule has 0 bridgehead atoms. The van der Waals surface area contributed by atoms with E-state index in [4.69, 9.17) is 0 Å². The minimum Gasteiger partial charge on any atom is -0.305 e. The largest absolute Gasteiger partial charge is 0.305 e. The minimum absolute atomic E-state index is 0. The number of hydrogen-bond donors (Lipinski definition) is 0. The number of nitrogens with zero attached hydrogens (tertiary/aromatic N) is 2. The fourth-order valence-corrected chi connectivity index (χ4v) is 5.34. The van der Waals surface area contributed by atoms with Crippen molar-refractivity contribution in [1.29, 1.82) is 0 Å². The smallest absolute Gasteiger partial charge is 0.0239 e. The first-order chi connectivity index (χ1) is 17.4. The van der Waals surface area contributed by atoms with E-state index in [-0.39, 0.29) is 25.5 Å². The number of thiophene rings is 1. The number of aromatic nitrogens is 2. The molecular formula is C33H28IrN2S-2. The molecule has 0 amide bonds. The molecule has 0 aliphatic carbocycles. The van der Waals surface area contributed by atoms with Crippen molar-refractivity contribution in [2.75, 3.05) is 0 Å². The van der Waals surface area contributed by atoms with Gasteiger partial charge in [0.2, 0.25) is 0 Å². The van der Waals surface area contributed by atoms with Crippen molar-refractivity contribution in [2.45, 2.75) is 33.1 Å². The third-order valence-electron chi connectivity index (χ3n) is 6.12. The number of pyridine rings is 2. The van der Waals surface area contributed by atoms with Crippen molar-refractivity contribution in [3.05, 3.63) is 121 Å². The van der Waals surface area contributed by atoms with Crippen molar-refractivity contribution in [3.63, 3.8) is 0 Å². The van der Waals surface area contributed by atoms with E-state index in [1.807, 2.05) is 66.1 Å². The maximum Gasteiger partial charge on any atom is 0.0239 e. The standard InChI is InChI=1S/C22H20NS.C11H8N.Ir/c1-14-8-9-20-18(12-14)16-6-5-7-17(21(16)24-20)19-13-15(10-11-23-19)22(2,3)4;1-2-6-10(7-3-1)11-8-4-5-9-12-11;/h5-6,8-13H,1-4H3;1-6,8-9H;/q2*-1;. The zero-order valence-electron chi connectivity index (χ0n) is 21.4. The van der Waals surface area contributed by atoms with E-state index >= 15 is 0 Å².